The quantitative estimate of drug-likeness (QED) is 0.768. The lowest BCUT2D eigenvalue weighted by Gasteiger charge is -2.10. The first-order chi connectivity index (χ1) is 6.58. The standard InChI is InChI=1S/C9H12N2O2S/c1-7-10-8(6-14-7)5-11(2)4-3-9(12)13/h3-4,6H,5H2,1-2H3,(H,12,13). The lowest BCUT2D eigenvalue weighted by Crippen LogP contribution is -2.10. The van der Waals surface area contributed by atoms with Crippen LogP contribution >= 0.6 is 11.3 Å². The van der Waals surface area contributed by atoms with E-state index in [0.717, 1.165) is 16.8 Å². The Morgan fingerprint density at radius 2 is 2.50 bits per heavy atom. The predicted octanol–water partition coefficient (Wildman–Crippen LogP) is 1.48. The highest BCUT2D eigenvalue weighted by Gasteiger charge is 2.00. The summed E-state index contributed by atoms with van der Waals surface area (Å²) < 4.78 is 0. The van der Waals surface area contributed by atoms with Gasteiger partial charge in [-0.3, -0.25) is 0 Å². The molecule has 0 saturated heterocycles. The van der Waals surface area contributed by atoms with Crippen LogP contribution in [0, 0.1) is 6.92 Å². The Labute approximate surface area is 86.5 Å². The number of rotatable bonds is 4. The summed E-state index contributed by atoms with van der Waals surface area (Å²) in [5.74, 6) is -0.939. The first-order valence-corrected chi connectivity index (χ1v) is 4.98. The van der Waals surface area contributed by atoms with E-state index in [2.05, 4.69) is 4.98 Å². The van der Waals surface area contributed by atoms with Crippen LogP contribution in [0.1, 0.15) is 10.7 Å². The summed E-state index contributed by atoms with van der Waals surface area (Å²) in [5, 5.41) is 11.4. The van der Waals surface area contributed by atoms with Crippen LogP contribution in [-0.4, -0.2) is 28.0 Å². The molecule has 0 aliphatic heterocycles. The van der Waals surface area contributed by atoms with Gasteiger partial charge in [0.05, 0.1) is 17.2 Å². The number of carbonyl (C=O) groups is 1. The van der Waals surface area contributed by atoms with Crippen LogP contribution in [0.5, 0.6) is 0 Å². The minimum atomic E-state index is -0.939. The lowest BCUT2D eigenvalue weighted by atomic mass is 10.4. The fraction of sp³-hybridized carbons (Fsp3) is 0.333. The summed E-state index contributed by atoms with van der Waals surface area (Å²) in [6.45, 7) is 2.58. The van der Waals surface area contributed by atoms with Crippen molar-refractivity contribution in [3.05, 3.63) is 28.4 Å². The number of aliphatic carboxylic acids is 1. The molecule has 1 aromatic rings. The van der Waals surface area contributed by atoms with E-state index < -0.39 is 5.97 Å². The maximum atomic E-state index is 10.2. The van der Waals surface area contributed by atoms with Crippen molar-refractivity contribution in [3.8, 4) is 0 Å². The fourth-order valence-electron chi connectivity index (χ4n) is 0.980. The van der Waals surface area contributed by atoms with Gasteiger partial charge in [0.2, 0.25) is 0 Å². The van der Waals surface area contributed by atoms with Crippen LogP contribution < -0.4 is 0 Å². The van der Waals surface area contributed by atoms with Gasteiger partial charge >= 0.3 is 5.97 Å². The second-order valence-electron chi connectivity index (χ2n) is 2.93. The zero-order valence-electron chi connectivity index (χ0n) is 8.10. The average Bonchev–Trinajstić information content (AvgIpc) is 2.48. The minimum absolute atomic E-state index is 0.633. The minimum Gasteiger partial charge on any atom is -0.478 e. The molecule has 76 valence electrons. The monoisotopic (exact) mass is 212 g/mol. The van der Waals surface area contributed by atoms with Gasteiger partial charge in [0.25, 0.3) is 0 Å². The molecular formula is C9H12N2O2S. The maximum Gasteiger partial charge on any atom is 0.329 e. The molecule has 0 aliphatic rings. The molecule has 0 bridgehead atoms. The Morgan fingerprint density at radius 3 is 3.00 bits per heavy atom. The zero-order valence-corrected chi connectivity index (χ0v) is 8.91. The molecule has 1 N–H and O–H groups in total. The Hall–Kier alpha value is -1.36. The summed E-state index contributed by atoms with van der Waals surface area (Å²) in [7, 11) is 1.81. The van der Waals surface area contributed by atoms with E-state index >= 15 is 0 Å². The van der Waals surface area contributed by atoms with Gasteiger partial charge < -0.3 is 10.0 Å². The van der Waals surface area contributed by atoms with E-state index in [0.29, 0.717) is 6.54 Å². The summed E-state index contributed by atoms with van der Waals surface area (Å²) >= 11 is 1.59. The molecule has 0 radical (unpaired) electrons. The Kier molecular flexibility index (Phi) is 3.64. The van der Waals surface area contributed by atoms with E-state index in [1.54, 1.807) is 16.2 Å². The summed E-state index contributed by atoms with van der Waals surface area (Å²) in [6.07, 6.45) is 2.64. The van der Waals surface area contributed by atoms with Crippen LogP contribution in [0.4, 0.5) is 0 Å². The van der Waals surface area contributed by atoms with Crippen LogP contribution in [-0.2, 0) is 11.3 Å². The molecule has 0 saturated carbocycles. The van der Waals surface area contributed by atoms with E-state index in [-0.39, 0.29) is 0 Å². The molecule has 1 aromatic heterocycles. The molecule has 0 aliphatic carbocycles. The van der Waals surface area contributed by atoms with Crippen LogP contribution in [0.15, 0.2) is 17.7 Å². The van der Waals surface area contributed by atoms with E-state index in [9.17, 15) is 4.79 Å². The molecule has 1 rings (SSSR count). The Balaban J connectivity index is 2.48. The predicted molar refractivity (Wildman–Crippen MR) is 55.1 cm³/mol. The van der Waals surface area contributed by atoms with E-state index in [4.69, 9.17) is 5.11 Å². The van der Waals surface area contributed by atoms with Gasteiger partial charge in [-0.05, 0) is 6.92 Å². The molecule has 1 heterocycles. The summed E-state index contributed by atoms with van der Waals surface area (Å²) in [4.78, 5) is 16.3. The van der Waals surface area contributed by atoms with Crippen molar-refractivity contribution in [1.29, 1.82) is 0 Å². The number of nitrogens with zero attached hydrogens (tertiary/aromatic N) is 2. The third kappa shape index (κ3) is 3.57. The van der Waals surface area contributed by atoms with Gasteiger partial charge in [-0.25, -0.2) is 9.78 Å². The van der Waals surface area contributed by atoms with Crippen molar-refractivity contribution in [2.75, 3.05) is 7.05 Å². The van der Waals surface area contributed by atoms with E-state index in [1.165, 1.54) is 6.20 Å². The number of carboxylic acid groups (broad SMARTS) is 1. The number of aromatic nitrogens is 1. The summed E-state index contributed by atoms with van der Waals surface area (Å²) in [6, 6.07) is 0. The first kappa shape index (κ1) is 10.7. The second-order valence-corrected chi connectivity index (χ2v) is 3.99. The number of thiazole rings is 1. The van der Waals surface area contributed by atoms with E-state index in [1.807, 2.05) is 19.4 Å². The molecule has 0 aromatic carbocycles. The highest BCUT2D eigenvalue weighted by atomic mass is 32.1. The van der Waals surface area contributed by atoms with Gasteiger partial charge in [0, 0.05) is 24.7 Å². The molecule has 0 fully saturated rings. The van der Waals surface area contributed by atoms with Gasteiger partial charge in [-0.1, -0.05) is 0 Å². The molecule has 0 unspecified atom stereocenters. The van der Waals surface area contributed by atoms with Gasteiger partial charge in [0.15, 0.2) is 0 Å². The average molecular weight is 212 g/mol. The normalized spacial score (nSPS) is 10.7. The number of aryl methyl sites for hydroxylation is 1. The highest BCUT2D eigenvalue weighted by molar-refractivity contribution is 7.09. The third-order valence-corrected chi connectivity index (χ3v) is 2.37. The maximum absolute atomic E-state index is 10.2. The van der Waals surface area contributed by atoms with Crippen LogP contribution in [0.3, 0.4) is 0 Å². The van der Waals surface area contributed by atoms with Crippen LogP contribution in [0.2, 0.25) is 0 Å². The van der Waals surface area contributed by atoms with Crippen molar-refractivity contribution >= 4 is 17.3 Å². The van der Waals surface area contributed by atoms with Crippen LogP contribution in [0.25, 0.3) is 0 Å². The largest absolute Gasteiger partial charge is 0.478 e. The molecule has 5 heteroatoms. The topological polar surface area (TPSA) is 53.4 Å². The third-order valence-electron chi connectivity index (χ3n) is 1.55. The molecule has 0 atom stereocenters. The smallest absolute Gasteiger partial charge is 0.329 e. The number of carboxylic acids is 1. The van der Waals surface area contributed by atoms with Gasteiger partial charge in [0.1, 0.15) is 0 Å². The Morgan fingerprint density at radius 1 is 1.79 bits per heavy atom. The van der Waals surface area contributed by atoms with Crippen molar-refractivity contribution in [1.82, 2.24) is 9.88 Å². The van der Waals surface area contributed by atoms with Gasteiger partial charge in [-0.2, -0.15) is 0 Å². The molecule has 14 heavy (non-hydrogen) atoms. The fourth-order valence-corrected chi connectivity index (χ4v) is 1.58. The molecular weight excluding hydrogens is 200 g/mol. The number of hydrogen-bond acceptors (Lipinski definition) is 4. The lowest BCUT2D eigenvalue weighted by molar-refractivity contribution is -0.131. The van der Waals surface area contributed by atoms with Crippen molar-refractivity contribution in [2.24, 2.45) is 0 Å². The van der Waals surface area contributed by atoms with Crippen molar-refractivity contribution in [2.45, 2.75) is 13.5 Å². The molecule has 0 spiro atoms. The molecule has 0 amide bonds. The number of hydrogen-bond donors (Lipinski definition) is 1. The zero-order chi connectivity index (χ0) is 10.6. The van der Waals surface area contributed by atoms with Crippen molar-refractivity contribution in [3.63, 3.8) is 0 Å². The van der Waals surface area contributed by atoms with Crippen molar-refractivity contribution < 1.29 is 9.90 Å². The molecule has 4 nitrogen and oxygen atoms in total. The second kappa shape index (κ2) is 4.76. The first-order valence-electron chi connectivity index (χ1n) is 4.10. The Bertz CT molecular complexity index is 346. The summed E-state index contributed by atoms with van der Waals surface area (Å²) in [5.41, 5.74) is 0.963. The van der Waals surface area contributed by atoms with Gasteiger partial charge in [-0.15, -0.1) is 11.3 Å². The highest BCUT2D eigenvalue weighted by Crippen LogP contribution is 2.09. The SMILES string of the molecule is Cc1nc(CN(C)C=CC(=O)O)cs1.